The number of hydrogen-bond donors (Lipinski definition) is 0. The van der Waals surface area contributed by atoms with Crippen LogP contribution in [-0.2, 0) is 24.0 Å². The molecule has 0 aliphatic carbocycles. The normalized spacial score (nSPS) is 10.6. The Labute approximate surface area is 84.9 Å². The van der Waals surface area contributed by atoms with Crippen molar-refractivity contribution in [3.05, 3.63) is 18.2 Å². The first-order chi connectivity index (χ1) is 6.25. The van der Waals surface area contributed by atoms with Crippen LogP contribution in [0.15, 0.2) is 12.4 Å². The molecule has 1 rings (SSSR count). The van der Waals surface area contributed by atoms with Gasteiger partial charge >= 0.3 is 1.43 Å². The van der Waals surface area contributed by atoms with Gasteiger partial charge in [-0.3, -0.25) is 8.42 Å². The molecule has 0 N–H and O–H groups in total. The fraction of sp³-hybridized carbons (Fsp3) is 0.571. The first kappa shape index (κ1) is 13.1. The third kappa shape index (κ3) is 5.68. The highest BCUT2D eigenvalue weighted by atomic mass is 32.3. The van der Waals surface area contributed by atoms with Crippen molar-refractivity contribution < 1.29 is 23.5 Å². The fourth-order valence-electron chi connectivity index (χ4n) is 0.933. The van der Waals surface area contributed by atoms with Crippen molar-refractivity contribution in [1.29, 1.82) is 0 Å². The lowest BCUT2D eigenvalue weighted by molar-refractivity contribution is -0.677. The minimum atomic E-state index is -5.17. The molecule has 0 fully saturated rings. The van der Waals surface area contributed by atoms with Crippen molar-refractivity contribution in [2.75, 3.05) is 0 Å². The maximum Gasteiger partial charge on any atom is 1.00 e. The molecule has 0 unspecified atom stereocenters. The predicted molar refractivity (Wildman–Crippen MR) is 47.6 cm³/mol. The highest BCUT2D eigenvalue weighted by molar-refractivity contribution is 7.79. The van der Waals surface area contributed by atoms with Crippen LogP contribution in [0.5, 0.6) is 0 Å². The van der Waals surface area contributed by atoms with Gasteiger partial charge in [0, 0.05) is 17.3 Å². The van der Waals surface area contributed by atoms with E-state index in [9.17, 15) is 0 Å². The van der Waals surface area contributed by atoms with Crippen molar-refractivity contribution in [3.8, 4) is 0 Å². The highest BCUT2D eigenvalue weighted by Crippen LogP contribution is 1.89. The zero-order valence-corrected chi connectivity index (χ0v) is 9.11. The summed E-state index contributed by atoms with van der Waals surface area (Å²) in [6, 6.07) is 0. The molecule has 0 aliphatic rings. The van der Waals surface area contributed by atoms with Gasteiger partial charge in [0.25, 0.3) is 5.82 Å². The summed E-state index contributed by atoms with van der Waals surface area (Å²) >= 11 is 0. The van der Waals surface area contributed by atoms with Gasteiger partial charge in [-0.2, -0.15) is 0 Å². The molecule has 0 amide bonds. The number of aryl methyl sites for hydroxylation is 2. The number of aromatic nitrogens is 2. The molecule has 6 nitrogen and oxygen atoms in total. The second-order valence-corrected chi connectivity index (χ2v) is 3.47. The largest absolute Gasteiger partial charge is 1.00 e. The smallest absolute Gasteiger partial charge is 0.759 e. The van der Waals surface area contributed by atoms with Gasteiger partial charge in [-0.05, 0) is 6.92 Å². The SMILES string of the molecule is CCn1cc[n+](C)c1C.O=S(=O)([O-])[O-].[H+]. The Morgan fingerprint density at radius 2 is 2.00 bits per heavy atom. The van der Waals surface area contributed by atoms with Crippen LogP contribution >= 0.6 is 0 Å². The van der Waals surface area contributed by atoms with Crippen LogP contribution < -0.4 is 4.57 Å². The Hall–Kier alpha value is -0.920. The summed E-state index contributed by atoms with van der Waals surface area (Å²) < 4.78 is 38.4. The zero-order chi connectivity index (χ0) is 11.4. The second-order valence-electron chi connectivity index (χ2n) is 2.65. The molecule has 0 aromatic carbocycles. The van der Waals surface area contributed by atoms with Crippen molar-refractivity contribution in [3.63, 3.8) is 0 Å². The summed E-state index contributed by atoms with van der Waals surface area (Å²) in [6.07, 6.45) is 4.16. The fourth-order valence-corrected chi connectivity index (χ4v) is 0.933. The van der Waals surface area contributed by atoms with Crippen LogP contribution in [0.2, 0.25) is 0 Å². The van der Waals surface area contributed by atoms with Crippen LogP contribution in [0.4, 0.5) is 0 Å². The molecule has 82 valence electrons. The molecule has 0 bridgehead atoms. The third-order valence-electron chi connectivity index (χ3n) is 1.74. The molecule has 1 aromatic rings. The Morgan fingerprint density at radius 1 is 1.57 bits per heavy atom. The Morgan fingerprint density at radius 3 is 2.14 bits per heavy atom. The average molecular weight is 222 g/mol. The van der Waals surface area contributed by atoms with Crippen molar-refractivity contribution in [1.82, 2.24) is 4.57 Å². The van der Waals surface area contributed by atoms with E-state index in [1.54, 1.807) is 0 Å². The van der Waals surface area contributed by atoms with Crippen LogP contribution in [0, 0.1) is 6.92 Å². The molecule has 0 aliphatic heterocycles. The van der Waals surface area contributed by atoms with Gasteiger partial charge < -0.3 is 9.11 Å². The Kier molecular flexibility index (Phi) is 4.75. The first-order valence-electron chi connectivity index (χ1n) is 3.93. The molecule has 1 heterocycles. The van der Waals surface area contributed by atoms with E-state index in [-0.39, 0.29) is 1.43 Å². The molecule has 0 saturated heterocycles. The van der Waals surface area contributed by atoms with E-state index in [0.717, 1.165) is 6.54 Å². The molecular formula is C7H14N2O4S. The maximum atomic E-state index is 8.52. The maximum absolute atomic E-state index is 8.52. The molecule has 7 heteroatoms. The zero-order valence-electron chi connectivity index (χ0n) is 9.30. The first-order valence-corrected chi connectivity index (χ1v) is 5.27. The third-order valence-corrected chi connectivity index (χ3v) is 1.74. The summed E-state index contributed by atoms with van der Waals surface area (Å²) in [5.74, 6) is 1.30. The number of imidazole rings is 1. The molecule has 0 saturated carbocycles. The Bertz CT molecular complexity index is 380. The van der Waals surface area contributed by atoms with Gasteiger partial charge in [-0.25, -0.2) is 9.13 Å². The predicted octanol–water partition coefficient (Wildman–Crippen LogP) is -0.585. The molecule has 0 spiro atoms. The lowest BCUT2D eigenvalue weighted by Crippen LogP contribution is -2.29. The number of nitrogens with zero attached hydrogens (tertiary/aromatic N) is 2. The molecule has 0 atom stereocenters. The summed E-state index contributed by atoms with van der Waals surface area (Å²) in [4.78, 5) is 0. The lowest BCUT2D eigenvalue weighted by Gasteiger charge is -2.06. The second kappa shape index (κ2) is 5.08. The standard InChI is InChI=1S/C7H13N2.H2O4S/c1-4-9-6-5-8(3)7(9)2;1-5(2,3)4/h5-6H,4H2,1-3H3;(H2,1,2,3,4)/q+1;/p-1. The summed E-state index contributed by atoms with van der Waals surface area (Å²) in [5, 5.41) is 0. The van der Waals surface area contributed by atoms with Gasteiger partial charge in [0.1, 0.15) is 12.4 Å². The highest BCUT2D eigenvalue weighted by Gasteiger charge is 2.03. The topological polar surface area (TPSA) is 89.1 Å². The van der Waals surface area contributed by atoms with E-state index < -0.39 is 10.4 Å². The van der Waals surface area contributed by atoms with Crippen LogP contribution in [0.3, 0.4) is 0 Å². The van der Waals surface area contributed by atoms with Gasteiger partial charge in [0.15, 0.2) is 0 Å². The molecule has 0 radical (unpaired) electrons. The van der Waals surface area contributed by atoms with Crippen LogP contribution in [0.25, 0.3) is 0 Å². The summed E-state index contributed by atoms with van der Waals surface area (Å²) in [5.41, 5.74) is 0. The molecule has 14 heavy (non-hydrogen) atoms. The summed E-state index contributed by atoms with van der Waals surface area (Å²) in [6.45, 7) is 5.32. The van der Waals surface area contributed by atoms with Crippen molar-refractivity contribution >= 4 is 10.4 Å². The van der Waals surface area contributed by atoms with E-state index in [0.29, 0.717) is 0 Å². The van der Waals surface area contributed by atoms with Gasteiger partial charge in [-0.1, -0.05) is 0 Å². The van der Waals surface area contributed by atoms with E-state index in [1.807, 2.05) is 0 Å². The van der Waals surface area contributed by atoms with Crippen LogP contribution in [-0.4, -0.2) is 22.1 Å². The Balaban J connectivity index is 0. The van der Waals surface area contributed by atoms with E-state index >= 15 is 0 Å². The number of rotatable bonds is 1. The lowest BCUT2D eigenvalue weighted by atomic mass is 10.6. The number of hydrogen-bond acceptors (Lipinski definition) is 4. The molecule has 1 aromatic heterocycles. The minimum absolute atomic E-state index is 0. The minimum Gasteiger partial charge on any atom is -0.759 e. The molecular weight excluding hydrogens is 208 g/mol. The monoisotopic (exact) mass is 222 g/mol. The van der Waals surface area contributed by atoms with Gasteiger partial charge in [0.05, 0.1) is 13.6 Å². The van der Waals surface area contributed by atoms with E-state index in [2.05, 4.69) is 42.4 Å². The van der Waals surface area contributed by atoms with Gasteiger partial charge in [0.2, 0.25) is 0 Å². The van der Waals surface area contributed by atoms with E-state index in [4.69, 9.17) is 17.5 Å². The van der Waals surface area contributed by atoms with Gasteiger partial charge in [-0.15, -0.1) is 0 Å². The van der Waals surface area contributed by atoms with E-state index in [1.165, 1.54) is 5.82 Å². The summed E-state index contributed by atoms with van der Waals surface area (Å²) in [7, 11) is -3.11. The van der Waals surface area contributed by atoms with Crippen molar-refractivity contribution in [2.24, 2.45) is 7.05 Å². The van der Waals surface area contributed by atoms with Crippen LogP contribution in [0.1, 0.15) is 14.2 Å². The average Bonchev–Trinajstić information content (AvgIpc) is 2.30. The quantitative estimate of drug-likeness (QED) is 0.361. The van der Waals surface area contributed by atoms with Crippen molar-refractivity contribution in [2.45, 2.75) is 20.4 Å².